The third kappa shape index (κ3) is 2.36. The molecule has 0 unspecified atom stereocenters. The summed E-state index contributed by atoms with van der Waals surface area (Å²) in [5, 5.41) is 3.30. The summed E-state index contributed by atoms with van der Waals surface area (Å²) in [5.41, 5.74) is 2.73. The Hall–Kier alpha value is -2.02. The molecule has 3 rings (SSSR count). The van der Waals surface area contributed by atoms with Gasteiger partial charge in [-0.15, -0.1) is 0 Å². The van der Waals surface area contributed by atoms with Crippen LogP contribution in [-0.4, -0.2) is 27.7 Å². The van der Waals surface area contributed by atoms with Gasteiger partial charge in [-0.3, -0.25) is 0 Å². The number of rotatable bonds is 3. The Labute approximate surface area is 114 Å². The fourth-order valence-corrected chi connectivity index (χ4v) is 2.40. The number of aryl methyl sites for hydroxylation is 1. The lowest BCUT2D eigenvalue weighted by Crippen LogP contribution is -2.28. The lowest BCUT2D eigenvalue weighted by atomic mass is 10.1. The molecule has 0 aromatic carbocycles. The number of fused-ring (bicyclic) bond motifs is 1. The molecular weight excluding hydrogens is 266 g/mol. The first-order valence-electron chi connectivity index (χ1n) is 6.33. The molecule has 0 aliphatic carbocycles. The highest BCUT2D eigenvalue weighted by atomic mass is 19.3. The summed E-state index contributed by atoms with van der Waals surface area (Å²) >= 11 is 0. The van der Waals surface area contributed by atoms with Crippen LogP contribution in [-0.2, 0) is 13.1 Å². The molecule has 0 spiro atoms. The van der Waals surface area contributed by atoms with Crippen molar-refractivity contribution in [2.75, 3.05) is 6.54 Å². The predicted molar refractivity (Wildman–Crippen MR) is 68.5 cm³/mol. The first kappa shape index (κ1) is 13.0. The third-order valence-corrected chi connectivity index (χ3v) is 3.29. The van der Waals surface area contributed by atoms with E-state index in [-0.39, 0.29) is 5.88 Å². The van der Waals surface area contributed by atoms with E-state index in [0.717, 1.165) is 42.4 Å². The van der Waals surface area contributed by atoms with Gasteiger partial charge < -0.3 is 14.6 Å². The highest BCUT2D eigenvalue weighted by Gasteiger charge is 2.19. The zero-order valence-corrected chi connectivity index (χ0v) is 10.9. The van der Waals surface area contributed by atoms with E-state index >= 15 is 0 Å². The van der Waals surface area contributed by atoms with Gasteiger partial charge in [-0.25, -0.2) is 9.97 Å². The minimum absolute atomic E-state index is 0.0910. The Balaban J connectivity index is 1.93. The smallest absolute Gasteiger partial charge is 0.388 e. The van der Waals surface area contributed by atoms with E-state index in [4.69, 9.17) is 0 Å². The number of pyridine rings is 1. The molecule has 2 aromatic rings. The quantitative estimate of drug-likeness (QED) is 0.933. The van der Waals surface area contributed by atoms with Crippen LogP contribution in [0.2, 0.25) is 0 Å². The summed E-state index contributed by atoms with van der Waals surface area (Å²) in [6.07, 6.45) is 1.51. The summed E-state index contributed by atoms with van der Waals surface area (Å²) in [6.45, 7) is 1.64. The second-order valence-corrected chi connectivity index (χ2v) is 4.55. The van der Waals surface area contributed by atoms with Gasteiger partial charge in [0.2, 0.25) is 5.88 Å². The van der Waals surface area contributed by atoms with Crippen LogP contribution in [0.1, 0.15) is 11.5 Å². The van der Waals surface area contributed by atoms with E-state index in [1.54, 1.807) is 6.07 Å². The van der Waals surface area contributed by atoms with E-state index in [1.807, 2.05) is 6.92 Å². The van der Waals surface area contributed by atoms with Crippen molar-refractivity contribution in [1.82, 2.24) is 19.9 Å². The Bertz CT molecular complexity index is 610. The van der Waals surface area contributed by atoms with E-state index in [1.165, 1.54) is 12.3 Å². The van der Waals surface area contributed by atoms with E-state index in [2.05, 4.69) is 24.6 Å². The van der Waals surface area contributed by atoms with Crippen molar-refractivity contribution in [3.63, 3.8) is 0 Å². The van der Waals surface area contributed by atoms with Crippen molar-refractivity contribution in [2.24, 2.45) is 0 Å². The van der Waals surface area contributed by atoms with Gasteiger partial charge in [0.15, 0.2) is 0 Å². The summed E-state index contributed by atoms with van der Waals surface area (Å²) in [6, 6.07) is 3.13. The summed E-state index contributed by atoms with van der Waals surface area (Å²) in [7, 11) is 0. The molecule has 0 atom stereocenters. The zero-order valence-electron chi connectivity index (χ0n) is 10.9. The van der Waals surface area contributed by atoms with E-state index in [9.17, 15) is 8.78 Å². The van der Waals surface area contributed by atoms with Crippen LogP contribution >= 0.6 is 0 Å². The maximum atomic E-state index is 12.1. The van der Waals surface area contributed by atoms with Crippen molar-refractivity contribution in [3.05, 3.63) is 29.8 Å². The van der Waals surface area contributed by atoms with Crippen molar-refractivity contribution in [3.8, 4) is 17.1 Å². The number of nitrogens with one attached hydrogen (secondary N) is 1. The molecule has 0 fully saturated rings. The average Bonchev–Trinajstić information content (AvgIpc) is 2.77. The fraction of sp³-hybridized carbons (Fsp3) is 0.385. The molecule has 0 bridgehead atoms. The largest absolute Gasteiger partial charge is 0.417 e. The first-order chi connectivity index (χ1) is 9.65. The Morgan fingerprint density at radius 3 is 2.95 bits per heavy atom. The lowest BCUT2D eigenvalue weighted by Gasteiger charge is -2.17. The molecule has 3 heterocycles. The van der Waals surface area contributed by atoms with Gasteiger partial charge >= 0.3 is 6.61 Å². The van der Waals surface area contributed by atoms with Crippen LogP contribution in [0, 0.1) is 6.92 Å². The molecule has 7 heteroatoms. The molecule has 5 nitrogen and oxygen atoms in total. The van der Waals surface area contributed by atoms with E-state index < -0.39 is 6.61 Å². The SMILES string of the molecule is Cc1nc(-c2ccc(OC(F)F)nc2)c2n1CCNC2. The number of ether oxygens (including phenoxy) is 1. The number of alkyl halides is 2. The molecule has 2 aromatic heterocycles. The number of nitrogens with zero attached hydrogens (tertiary/aromatic N) is 3. The number of hydrogen-bond acceptors (Lipinski definition) is 4. The first-order valence-corrected chi connectivity index (χ1v) is 6.33. The van der Waals surface area contributed by atoms with Crippen molar-refractivity contribution in [1.29, 1.82) is 0 Å². The van der Waals surface area contributed by atoms with Crippen LogP contribution in [0.15, 0.2) is 18.3 Å². The van der Waals surface area contributed by atoms with Gasteiger partial charge in [0.05, 0.1) is 11.4 Å². The fourth-order valence-electron chi connectivity index (χ4n) is 2.40. The summed E-state index contributed by atoms with van der Waals surface area (Å²) in [5.74, 6) is 0.857. The third-order valence-electron chi connectivity index (χ3n) is 3.29. The summed E-state index contributed by atoms with van der Waals surface area (Å²) < 4.78 is 30.6. The molecule has 106 valence electrons. The topological polar surface area (TPSA) is 52.0 Å². The normalized spacial score (nSPS) is 14.4. The lowest BCUT2D eigenvalue weighted by molar-refractivity contribution is -0.0528. The Morgan fingerprint density at radius 2 is 2.25 bits per heavy atom. The van der Waals surface area contributed by atoms with Gasteiger partial charge in [-0.2, -0.15) is 8.78 Å². The molecule has 20 heavy (non-hydrogen) atoms. The minimum Gasteiger partial charge on any atom is -0.417 e. The molecule has 0 amide bonds. The van der Waals surface area contributed by atoms with Crippen LogP contribution in [0.5, 0.6) is 5.88 Å². The van der Waals surface area contributed by atoms with Gasteiger partial charge in [0.25, 0.3) is 0 Å². The molecule has 0 saturated carbocycles. The second-order valence-electron chi connectivity index (χ2n) is 4.55. The van der Waals surface area contributed by atoms with Gasteiger partial charge in [-0.1, -0.05) is 0 Å². The monoisotopic (exact) mass is 280 g/mol. The highest BCUT2D eigenvalue weighted by Crippen LogP contribution is 2.26. The van der Waals surface area contributed by atoms with Gasteiger partial charge in [-0.05, 0) is 13.0 Å². The average molecular weight is 280 g/mol. The predicted octanol–water partition coefficient (Wildman–Crippen LogP) is 1.96. The van der Waals surface area contributed by atoms with Crippen molar-refractivity contribution >= 4 is 0 Å². The molecule has 0 saturated heterocycles. The molecule has 0 radical (unpaired) electrons. The number of aromatic nitrogens is 3. The second kappa shape index (κ2) is 5.16. The van der Waals surface area contributed by atoms with Crippen LogP contribution < -0.4 is 10.1 Å². The zero-order chi connectivity index (χ0) is 14.1. The Morgan fingerprint density at radius 1 is 1.40 bits per heavy atom. The highest BCUT2D eigenvalue weighted by molar-refractivity contribution is 5.62. The number of halogens is 2. The molecule has 1 aliphatic heterocycles. The van der Waals surface area contributed by atoms with Crippen LogP contribution in [0.4, 0.5) is 8.78 Å². The Kier molecular flexibility index (Phi) is 3.35. The molecule has 1 N–H and O–H groups in total. The molecule has 1 aliphatic rings. The number of imidazole rings is 1. The molecular formula is C13H14F2N4O. The van der Waals surface area contributed by atoms with Crippen molar-refractivity contribution < 1.29 is 13.5 Å². The van der Waals surface area contributed by atoms with Crippen LogP contribution in [0.3, 0.4) is 0 Å². The summed E-state index contributed by atoms with van der Waals surface area (Å²) in [4.78, 5) is 8.43. The van der Waals surface area contributed by atoms with E-state index in [0.29, 0.717) is 0 Å². The van der Waals surface area contributed by atoms with Crippen molar-refractivity contribution in [2.45, 2.75) is 26.6 Å². The van der Waals surface area contributed by atoms with Gasteiger partial charge in [0, 0.05) is 37.5 Å². The maximum absolute atomic E-state index is 12.1. The minimum atomic E-state index is -2.86. The standard InChI is InChI=1S/C13H14F2N4O/c1-8-18-12(10-7-16-4-5-19(8)10)9-2-3-11(17-6-9)20-13(14)15/h2-3,6,13,16H,4-5,7H2,1H3. The van der Waals surface area contributed by atoms with Crippen LogP contribution in [0.25, 0.3) is 11.3 Å². The van der Waals surface area contributed by atoms with Gasteiger partial charge in [0.1, 0.15) is 5.82 Å². The maximum Gasteiger partial charge on any atom is 0.388 e. The number of hydrogen-bond donors (Lipinski definition) is 1.